The van der Waals surface area contributed by atoms with Gasteiger partial charge in [-0.3, -0.25) is 0 Å². The maximum Gasteiger partial charge on any atom is 0.207 e. The molecule has 0 aliphatic carbocycles. The monoisotopic (exact) mass is 363 g/mol. The van der Waals surface area contributed by atoms with E-state index in [4.69, 9.17) is 0 Å². The molecule has 1 aliphatic rings. The quantitative estimate of drug-likeness (QED) is 0.539. The van der Waals surface area contributed by atoms with Crippen molar-refractivity contribution in [1.29, 1.82) is 0 Å². The van der Waals surface area contributed by atoms with E-state index in [1.807, 2.05) is 0 Å². The molecular weight excluding hydrogens is 348 g/mol. The average Bonchev–Trinajstić information content (AvgIpc) is 3.11. The minimum atomic E-state index is -0.854. The molecule has 130 valence electrons. The van der Waals surface area contributed by atoms with Crippen LogP contribution in [0.3, 0.4) is 0 Å². The summed E-state index contributed by atoms with van der Waals surface area (Å²) < 4.78 is 27.1. The number of nitrogens with one attached hydrogen (secondary N) is 2. The molecule has 10 heteroatoms. The Morgan fingerprint density at radius 1 is 1.12 bits per heavy atom. The summed E-state index contributed by atoms with van der Waals surface area (Å²) in [6, 6.07) is 4.14. The summed E-state index contributed by atoms with van der Waals surface area (Å²) in [4.78, 5) is 11.0. The van der Waals surface area contributed by atoms with Crippen molar-refractivity contribution in [3.8, 4) is 0 Å². The van der Waals surface area contributed by atoms with Crippen molar-refractivity contribution in [3.05, 3.63) is 35.4 Å². The second-order valence-electron chi connectivity index (χ2n) is 5.56. The van der Waals surface area contributed by atoms with Crippen LogP contribution < -0.4 is 10.2 Å². The van der Waals surface area contributed by atoms with Gasteiger partial charge in [0.1, 0.15) is 0 Å². The van der Waals surface area contributed by atoms with Gasteiger partial charge in [-0.2, -0.15) is 15.3 Å². The maximum absolute atomic E-state index is 13.8. The summed E-state index contributed by atoms with van der Waals surface area (Å²) in [6.45, 7) is 3.34. The number of halogens is 2. The van der Waals surface area contributed by atoms with Crippen molar-refractivity contribution in [2.24, 2.45) is 0 Å². The second-order valence-corrected chi connectivity index (χ2v) is 6.51. The minimum absolute atomic E-state index is 0.230. The third-order valence-electron chi connectivity index (χ3n) is 3.95. The third kappa shape index (κ3) is 3.27. The van der Waals surface area contributed by atoms with Gasteiger partial charge < -0.3 is 10.2 Å². The molecule has 3 aromatic rings. The number of piperazine rings is 1. The van der Waals surface area contributed by atoms with Crippen molar-refractivity contribution < 1.29 is 8.78 Å². The van der Waals surface area contributed by atoms with E-state index in [2.05, 4.69) is 35.6 Å². The summed E-state index contributed by atoms with van der Waals surface area (Å²) in [5.74, 6) is -0.747. The maximum atomic E-state index is 13.8. The fraction of sp³-hybridized carbons (Fsp3) is 0.333. The minimum Gasteiger partial charge on any atom is -0.352 e. The largest absolute Gasteiger partial charge is 0.352 e. The first-order valence-electron chi connectivity index (χ1n) is 7.82. The molecule has 0 atom stereocenters. The molecule has 0 radical (unpaired) electrons. The number of aromatic amines is 1. The Hall–Kier alpha value is -2.33. The van der Waals surface area contributed by atoms with Gasteiger partial charge in [-0.1, -0.05) is 23.9 Å². The molecule has 4 rings (SSSR count). The van der Waals surface area contributed by atoms with Gasteiger partial charge >= 0.3 is 0 Å². The van der Waals surface area contributed by atoms with Crippen LogP contribution in [0.25, 0.3) is 11.2 Å². The molecule has 0 bridgehead atoms. The smallest absolute Gasteiger partial charge is 0.207 e. The normalized spacial score (nSPS) is 15.0. The molecule has 2 N–H and O–H groups in total. The average molecular weight is 363 g/mol. The molecule has 0 unspecified atom stereocenters. The Kier molecular flexibility index (Phi) is 4.45. The topological polar surface area (TPSA) is 82.6 Å². The number of hydrogen-bond acceptors (Lipinski definition) is 7. The van der Waals surface area contributed by atoms with E-state index in [1.165, 1.54) is 17.8 Å². The van der Waals surface area contributed by atoms with Crippen LogP contribution in [0.5, 0.6) is 0 Å². The molecule has 1 saturated heterocycles. The Labute approximate surface area is 146 Å². The predicted molar refractivity (Wildman–Crippen MR) is 90.5 cm³/mol. The molecule has 3 heterocycles. The number of fused-ring (bicyclic) bond motifs is 1. The summed E-state index contributed by atoms with van der Waals surface area (Å²) >= 11 is 1.24. The van der Waals surface area contributed by atoms with E-state index in [1.54, 1.807) is 6.07 Å². The van der Waals surface area contributed by atoms with E-state index in [-0.39, 0.29) is 11.3 Å². The standard InChI is InChI=1S/C15H15F2N7S/c16-10-3-1-2-9(11(10)17)8-25-15-19-13-12(21-23-22-13)14(20-15)24-6-4-18-5-7-24/h1-3,18H,4-8H2,(H,19,20,21,22,23). The summed E-state index contributed by atoms with van der Waals surface area (Å²) in [7, 11) is 0. The highest BCUT2D eigenvalue weighted by atomic mass is 32.2. The lowest BCUT2D eigenvalue weighted by molar-refractivity contribution is 0.502. The van der Waals surface area contributed by atoms with Gasteiger partial charge in [0.15, 0.2) is 28.1 Å². The number of H-pyrrole nitrogens is 1. The fourth-order valence-corrected chi connectivity index (χ4v) is 3.49. The number of hydrogen-bond donors (Lipinski definition) is 2. The van der Waals surface area contributed by atoms with Crippen LogP contribution in [0.1, 0.15) is 5.56 Å². The zero-order chi connectivity index (χ0) is 17.2. The summed E-state index contributed by atoms with van der Waals surface area (Å²) in [6.07, 6.45) is 0. The molecule has 7 nitrogen and oxygen atoms in total. The highest BCUT2D eigenvalue weighted by molar-refractivity contribution is 7.98. The molecule has 0 amide bonds. The van der Waals surface area contributed by atoms with Gasteiger partial charge in [-0.25, -0.2) is 13.8 Å². The van der Waals surface area contributed by atoms with Gasteiger partial charge in [0.25, 0.3) is 0 Å². The first-order valence-corrected chi connectivity index (χ1v) is 8.81. The second kappa shape index (κ2) is 6.89. The Balaban J connectivity index is 1.62. The van der Waals surface area contributed by atoms with Gasteiger partial charge in [-0.05, 0) is 6.07 Å². The Morgan fingerprint density at radius 2 is 1.96 bits per heavy atom. The van der Waals surface area contributed by atoms with Crippen LogP contribution in [0.4, 0.5) is 14.6 Å². The molecule has 0 saturated carbocycles. The molecule has 1 fully saturated rings. The van der Waals surface area contributed by atoms with Crippen molar-refractivity contribution >= 4 is 28.7 Å². The highest BCUT2D eigenvalue weighted by Crippen LogP contribution is 2.27. The predicted octanol–water partition coefficient (Wildman–Crippen LogP) is 1.73. The van der Waals surface area contributed by atoms with Crippen molar-refractivity contribution in [3.63, 3.8) is 0 Å². The van der Waals surface area contributed by atoms with E-state index in [0.29, 0.717) is 22.1 Å². The van der Waals surface area contributed by atoms with E-state index in [0.717, 1.165) is 32.2 Å². The van der Waals surface area contributed by atoms with Crippen LogP contribution in [0, 0.1) is 11.6 Å². The van der Waals surface area contributed by atoms with Crippen LogP contribution in [-0.2, 0) is 5.75 Å². The Bertz CT molecular complexity index is 895. The molecule has 1 aliphatic heterocycles. The van der Waals surface area contributed by atoms with Crippen LogP contribution >= 0.6 is 11.8 Å². The number of nitrogens with zero attached hydrogens (tertiary/aromatic N) is 5. The number of anilines is 1. The molecule has 25 heavy (non-hydrogen) atoms. The molecule has 1 aromatic carbocycles. The SMILES string of the molecule is Fc1cccc(CSc2nc(N3CCNCC3)c3n[nH]nc3n2)c1F. The highest BCUT2D eigenvalue weighted by Gasteiger charge is 2.20. The number of aromatic nitrogens is 5. The Morgan fingerprint density at radius 3 is 2.80 bits per heavy atom. The van der Waals surface area contributed by atoms with E-state index < -0.39 is 11.6 Å². The lowest BCUT2D eigenvalue weighted by Gasteiger charge is -2.28. The van der Waals surface area contributed by atoms with E-state index in [9.17, 15) is 8.78 Å². The van der Waals surface area contributed by atoms with Crippen LogP contribution in [0.15, 0.2) is 23.4 Å². The van der Waals surface area contributed by atoms with Gasteiger partial charge in [0, 0.05) is 37.5 Å². The molecular formula is C15H15F2N7S. The first-order chi connectivity index (χ1) is 12.2. The first kappa shape index (κ1) is 16.2. The number of benzene rings is 1. The van der Waals surface area contributed by atoms with Crippen molar-refractivity contribution in [1.82, 2.24) is 30.7 Å². The third-order valence-corrected chi connectivity index (χ3v) is 4.85. The fourth-order valence-electron chi connectivity index (χ4n) is 2.68. The lowest BCUT2D eigenvalue weighted by Crippen LogP contribution is -2.44. The van der Waals surface area contributed by atoms with Crippen LogP contribution in [0.2, 0.25) is 0 Å². The van der Waals surface area contributed by atoms with Crippen LogP contribution in [-0.4, -0.2) is 51.6 Å². The zero-order valence-corrected chi connectivity index (χ0v) is 14.0. The lowest BCUT2D eigenvalue weighted by atomic mass is 10.2. The van der Waals surface area contributed by atoms with Gasteiger partial charge in [0.2, 0.25) is 5.65 Å². The van der Waals surface area contributed by atoms with Crippen molar-refractivity contribution in [2.75, 3.05) is 31.1 Å². The number of thioether (sulfide) groups is 1. The van der Waals surface area contributed by atoms with Gasteiger partial charge in [0.05, 0.1) is 0 Å². The van der Waals surface area contributed by atoms with Gasteiger partial charge in [-0.15, -0.1) is 5.10 Å². The van der Waals surface area contributed by atoms with Crippen molar-refractivity contribution in [2.45, 2.75) is 10.9 Å². The summed E-state index contributed by atoms with van der Waals surface area (Å²) in [5.41, 5.74) is 1.35. The molecule has 0 spiro atoms. The van der Waals surface area contributed by atoms with E-state index >= 15 is 0 Å². The molecule has 2 aromatic heterocycles. The number of rotatable bonds is 4. The zero-order valence-electron chi connectivity index (χ0n) is 13.2. The summed E-state index contributed by atoms with van der Waals surface area (Å²) in [5, 5.41) is 14.5.